The fourth-order valence-corrected chi connectivity index (χ4v) is 4.81. The summed E-state index contributed by atoms with van der Waals surface area (Å²) in [6.45, 7) is 9.06. The van der Waals surface area contributed by atoms with Crippen LogP contribution < -0.4 is 5.32 Å². The first-order chi connectivity index (χ1) is 15.4. The van der Waals surface area contributed by atoms with E-state index in [-0.39, 0.29) is 23.2 Å². The molecule has 0 radical (unpaired) electrons. The number of rotatable bonds is 6. The molecule has 2 aliphatic rings. The lowest BCUT2D eigenvalue weighted by molar-refractivity contribution is 0.0160. The molecule has 0 bridgehead atoms. The molecule has 3 heterocycles. The highest BCUT2D eigenvalue weighted by molar-refractivity contribution is 5.95. The van der Waals surface area contributed by atoms with Gasteiger partial charge < -0.3 is 14.8 Å². The van der Waals surface area contributed by atoms with Crippen LogP contribution >= 0.6 is 0 Å². The molecule has 1 fully saturated rings. The van der Waals surface area contributed by atoms with Crippen molar-refractivity contribution in [2.45, 2.75) is 53.0 Å². The lowest BCUT2D eigenvalue weighted by Gasteiger charge is -2.36. The van der Waals surface area contributed by atoms with Gasteiger partial charge in [0.15, 0.2) is 0 Å². The molecule has 1 atom stereocenters. The number of nitrogens with one attached hydrogen (secondary N) is 1. The molecular weight excluding hydrogens is 406 g/mol. The summed E-state index contributed by atoms with van der Waals surface area (Å²) < 4.78 is 13.0. The SMILES string of the molecule is CCn1nc(C[C@@H](C)COC(=O)c2ccccc2C)c2c1C(=O)NCC1(CCOCC1)C2. The lowest BCUT2D eigenvalue weighted by Crippen LogP contribution is -2.40. The molecule has 172 valence electrons. The van der Waals surface area contributed by atoms with E-state index in [1.165, 1.54) is 0 Å². The number of benzene rings is 1. The lowest BCUT2D eigenvalue weighted by atomic mass is 9.75. The zero-order chi connectivity index (χ0) is 22.7. The highest BCUT2D eigenvalue weighted by atomic mass is 16.5. The monoisotopic (exact) mass is 439 g/mol. The van der Waals surface area contributed by atoms with Crippen LogP contribution in [-0.4, -0.2) is 48.0 Å². The van der Waals surface area contributed by atoms with Gasteiger partial charge in [-0.3, -0.25) is 9.48 Å². The van der Waals surface area contributed by atoms with E-state index in [9.17, 15) is 9.59 Å². The Morgan fingerprint density at radius 1 is 1.31 bits per heavy atom. The van der Waals surface area contributed by atoms with Crippen LogP contribution in [0.4, 0.5) is 0 Å². The molecule has 1 spiro atoms. The van der Waals surface area contributed by atoms with Gasteiger partial charge in [0, 0.05) is 31.9 Å². The van der Waals surface area contributed by atoms with Crippen molar-refractivity contribution in [3.05, 3.63) is 52.3 Å². The molecule has 0 aliphatic carbocycles. The number of aryl methyl sites for hydroxylation is 2. The Balaban J connectivity index is 1.51. The van der Waals surface area contributed by atoms with Crippen molar-refractivity contribution in [1.82, 2.24) is 15.1 Å². The number of hydrogen-bond acceptors (Lipinski definition) is 5. The van der Waals surface area contributed by atoms with E-state index in [4.69, 9.17) is 14.6 Å². The van der Waals surface area contributed by atoms with Crippen molar-refractivity contribution in [3.8, 4) is 0 Å². The number of carbonyl (C=O) groups excluding carboxylic acids is 2. The largest absolute Gasteiger partial charge is 0.462 e. The Kier molecular flexibility index (Phi) is 6.65. The quantitative estimate of drug-likeness (QED) is 0.698. The van der Waals surface area contributed by atoms with Crippen LogP contribution in [0.15, 0.2) is 24.3 Å². The highest BCUT2D eigenvalue weighted by Crippen LogP contribution is 2.38. The summed E-state index contributed by atoms with van der Waals surface area (Å²) in [4.78, 5) is 25.4. The average molecular weight is 440 g/mol. The van der Waals surface area contributed by atoms with E-state index in [0.717, 1.165) is 49.3 Å². The highest BCUT2D eigenvalue weighted by Gasteiger charge is 2.39. The van der Waals surface area contributed by atoms with Crippen LogP contribution in [-0.2, 0) is 28.9 Å². The van der Waals surface area contributed by atoms with Gasteiger partial charge in [-0.05, 0) is 62.5 Å². The number of hydrogen-bond donors (Lipinski definition) is 1. The number of carbonyl (C=O) groups is 2. The minimum Gasteiger partial charge on any atom is -0.462 e. The van der Waals surface area contributed by atoms with Crippen LogP contribution in [0.25, 0.3) is 0 Å². The average Bonchev–Trinajstić information content (AvgIpc) is 3.06. The third-order valence-corrected chi connectivity index (χ3v) is 6.78. The topological polar surface area (TPSA) is 82.5 Å². The van der Waals surface area contributed by atoms with Gasteiger partial charge in [0.1, 0.15) is 5.69 Å². The number of amides is 1. The molecule has 1 saturated heterocycles. The first kappa shape index (κ1) is 22.5. The van der Waals surface area contributed by atoms with E-state index in [2.05, 4.69) is 12.2 Å². The Morgan fingerprint density at radius 2 is 2.06 bits per heavy atom. The van der Waals surface area contributed by atoms with Gasteiger partial charge in [-0.1, -0.05) is 25.1 Å². The first-order valence-electron chi connectivity index (χ1n) is 11.6. The molecule has 2 aliphatic heterocycles. The number of esters is 1. The molecule has 1 aromatic heterocycles. The third kappa shape index (κ3) is 4.58. The Labute approximate surface area is 189 Å². The van der Waals surface area contributed by atoms with Gasteiger partial charge in [0.25, 0.3) is 5.91 Å². The number of aromatic nitrogens is 2. The van der Waals surface area contributed by atoms with Crippen LogP contribution in [0.1, 0.15) is 64.4 Å². The fraction of sp³-hybridized carbons (Fsp3) is 0.560. The summed E-state index contributed by atoms with van der Waals surface area (Å²) in [6, 6.07) is 7.45. The second kappa shape index (κ2) is 9.45. The summed E-state index contributed by atoms with van der Waals surface area (Å²) in [5.41, 5.74) is 4.22. The molecule has 1 N–H and O–H groups in total. The van der Waals surface area contributed by atoms with E-state index in [1.54, 1.807) is 6.07 Å². The van der Waals surface area contributed by atoms with Gasteiger partial charge in [0.05, 0.1) is 17.9 Å². The zero-order valence-corrected chi connectivity index (χ0v) is 19.3. The van der Waals surface area contributed by atoms with Crippen LogP contribution in [0.5, 0.6) is 0 Å². The van der Waals surface area contributed by atoms with E-state index in [1.807, 2.05) is 36.7 Å². The summed E-state index contributed by atoms with van der Waals surface area (Å²) in [6.07, 6.45) is 3.37. The third-order valence-electron chi connectivity index (χ3n) is 6.78. The van der Waals surface area contributed by atoms with Crippen molar-refractivity contribution in [1.29, 1.82) is 0 Å². The van der Waals surface area contributed by atoms with Crippen LogP contribution in [0.3, 0.4) is 0 Å². The minimum atomic E-state index is -0.298. The van der Waals surface area contributed by atoms with E-state index < -0.39 is 0 Å². The molecule has 2 aromatic rings. The summed E-state index contributed by atoms with van der Waals surface area (Å²) >= 11 is 0. The standard InChI is InChI=1S/C25H33N3O4/c1-4-28-22-20(14-25(16-26-23(22)29)9-11-31-12-10-25)21(27-28)13-17(2)15-32-24(30)19-8-6-5-7-18(19)3/h5-8,17H,4,9-16H2,1-3H3,(H,26,29)/t17-/m1/s1. The Bertz CT molecular complexity index is 991. The smallest absolute Gasteiger partial charge is 0.338 e. The maximum atomic E-state index is 12.9. The summed E-state index contributed by atoms with van der Waals surface area (Å²) in [5.74, 6) is -0.250. The van der Waals surface area contributed by atoms with Crippen molar-refractivity contribution < 1.29 is 19.1 Å². The Morgan fingerprint density at radius 3 is 2.78 bits per heavy atom. The van der Waals surface area contributed by atoms with Crippen molar-refractivity contribution in [2.75, 3.05) is 26.4 Å². The first-order valence-corrected chi connectivity index (χ1v) is 11.6. The van der Waals surface area contributed by atoms with Gasteiger partial charge in [-0.25, -0.2) is 4.79 Å². The predicted molar refractivity (Wildman–Crippen MR) is 121 cm³/mol. The molecule has 1 aromatic carbocycles. The van der Waals surface area contributed by atoms with Crippen molar-refractivity contribution in [3.63, 3.8) is 0 Å². The molecule has 0 unspecified atom stereocenters. The van der Waals surface area contributed by atoms with Gasteiger partial charge >= 0.3 is 5.97 Å². The maximum absolute atomic E-state index is 12.9. The molecule has 7 nitrogen and oxygen atoms in total. The fourth-order valence-electron chi connectivity index (χ4n) is 4.81. The summed E-state index contributed by atoms with van der Waals surface area (Å²) in [7, 11) is 0. The molecule has 32 heavy (non-hydrogen) atoms. The summed E-state index contributed by atoms with van der Waals surface area (Å²) in [5, 5.41) is 7.95. The maximum Gasteiger partial charge on any atom is 0.338 e. The number of nitrogens with zero attached hydrogens (tertiary/aromatic N) is 2. The van der Waals surface area contributed by atoms with E-state index in [0.29, 0.717) is 37.4 Å². The molecular formula is C25H33N3O4. The van der Waals surface area contributed by atoms with Gasteiger partial charge in [-0.2, -0.15) is 5.10 Å². The predicted octanol–water partition coefficient (Wildman–Crippen LogP) is 3.33. The van der Waals surface area contributed by atoms with Crippen LogP contribution in [0.2, 0.25) is 0 Å². The normalized spacial score (nSPS) is 18.5. The van der Waals surface area contributed by atoms with Crippen molar-refractivity contribution in [2.24, 2.45) is 11.3 Å². The van der Waals surface area contributed by atoms with E-state index >= 15 is 0 Å². The Hall–Kier alpha value is -2.67. The molecule has 7 heteroatoms. The zero-order valence-electron chi connectivity index (χ0n) is 19.3. The van der Waals surface area contributed by atoms with Gasteiger partial charge in [-0.15, -0.1) is 0 Å². The molecule has 4 rings (SSSR count). The number of fused-ring (bicyclic) bond motifs is 1. The minimum absolute atomic E-state index is 0.0239. The second-order valence-electron chi connectivity index (χ2n) is 9.28. The van der Waals surface area contributed by atoms with Gasteiger partial charge in [0.2, 0.25) is 0 Å². The molecule has 1 amide bonds. The second-order valence-corrected chi connectivity index (χ2v) is 9.28. The van der Waals surface area contributed by atoms with Crippen molar-refractivity contribution >= 4 is 11.9 Å². The molecule has 0 saturated carbocycles. The number of ether oxygens (including phenoxy) is 2. The van der Waals surface area contributed by atoms with Crippen LogP contribution in [0, 0.1) is 18.3 Å².